The lowest BCUT2D eigenvalue weighted by molar-refractivity contribution is -0.147. The average molecular weight is 504 g/mol. The maximum atomic E-state index is 14.1. The van der Waals surface area contributed by atoms with Gasteiger partial charge < -0.3 is 9.63 Å². The minimum absolute atomic E-state index is 0.281. The molecule has 1 fully saturated rings. The van der Waals surface area contributed by atoms with E-state index in [1.807, 2.05) is 50.2 Å². The second-order valence-corrected chi connectivity index (χ2v) is 9.84. The molecule has 3 aromatic carbocycles. The first-order valence-electron chi connectivity index (χ1n) is 12.1. The van der Waals surface area contributed by atoms with Crippen molar-refractivity contribution < 1.29 is 23.2 Å². The van der Waals surface area contributed by atoms with E-state index in [1.54, 1.807) is 0 Å². The summed E-state index contributed by atoms with van der Waals surface area (Å²) >= 11 is 0. The Labute approximate surface area is 213 Å². The van der Waals surface area contributed by atoms with E-state index in [0.717, 1.165) is 33.9 Å². The van der Waals surface area contributed by atoms with Crippen molar-refractivity contribution in [3.05, 3.63) is 106 Å². The summed E-state index contributed by atoms with van der Waals surface area (Å²) in [7, 11) is 0. The normalized spacial score (nSPS) is 14.9. The van der Waals surface area contributed by atoms with E-state index >= 15 is 0 Å². The zero-order valence-corrected chi connectivity index (χ0v) is 20.6. The molecule has 8 heteroatoms. The predicted octanol–water partition coefficient (Wildman–Crippen LogP) is 5.52. The zero-order valence-electron chi connectivity index (χ0n) is 20.6. The number of carboxylic acid groups (broad SMARTS) is 1. The van der Waals surface area contributed by atoms with Gasteiger partial charge in [-0.15, -0.1) is 0 Å². The topological polar surface area (TPSA) is 79.5 Å². The van der Waals surface area contributed by atoms with Gasteiger partial charge in [0.2, 0.25) is 11.7 Å². The standard InChI is InChI=1S/C29H27F2N3O3/c1-17-7-18(2)9-20(8-17)10-26(22-11-24(30)13-25(31)12-22)28-32-27(33-37-28)21-5-3-19(4-6-21)14-34-15-23(16-34)29(35)36/h3-9,11-13,23,26H,10,14-16H2,1-2H3,(H,35,36). The maximum Gasteiger partial charge on any atom is 0.309 e. The second kappa shape index (κ2) is 10.2. The molecule has 2 heterocycles. The van der Waals surface area contributed by atoms with Crippen molar-refractivity contribution >= 4 is 5.97 Å². The van der Waals surface area contributed by atoms with E-state index in [0.29, 0.717) is 37.4 Å². The Morgan fingerprint density at radius 1 is 1.00 bits per heavy atom. The Hall–Kier alpha value is -3.91. The van der Waals surface area contributed by atoms with Crippen molar-refractivity contribution in [3.8, 4) is 11.4 Å². The van der Waals surface area contributed by atoms with Crippen LogP contribution < -0.4 is 0 Å². The Balaban J connectivity index is 1.38. The van der Waals surface area contributed by atoms with E-state index in [1.165, 1.54) is 12.1 Å². The minimum atomic E-state index is -0.753. The van der Waals surface area contributed by atoms with E-state index in [2.05, 4.69) is 21.1 Å². The fourth-order valence-corrected chi connectivity index (χ4v) is 4.91. The molecule has 0 spiro atoms. The molecular weight excluding hydrogens is 476 g/mol. The average Bonchev–Trinajstić information content (AvgIpc) is 3.28. The number of hydrogen-bond donors (Lipinski definition) is 1. The van der Waals surface area contributed by atoms with E-state index in [9.17, 15) is 13.6 Å². The Kier molecular flexibility index (Phi) is 6.84. The van der Waals surface area contributed by atoms with Crippen LogP contribution in [-0.2, 0) is 17.8 Å². The van der Waals surface area contributed by atoms with Crippen LogP contribution in [0.25, 0.3) is 11.4 Å². The van der Waals surface area contributed by atoms with Crippen LogP contribution in [0.5, 0.6) is 0 Å². The monoisotopic (exact) mass is 503 g/mol. The van der Waals surface area contributed by atoms with Gasteiger partial charge >= 0.3 is 5.97 Å². The summed E-state index contributed by atoms with van der Waals surface area (Å²) in [5.41, 5.74) is 5.44. The van der Waals surface area contributed by atoms with Crippen molar-refractivity contribution in [1.82, 2.24) is 15.0 Å². The first-order valence-corrected chi connectivity index (χ1v) is 12.1. The number of aryl methyl sites for hydroxylation is 2. The molecule has 4 aromatic rings. The van der Waals surface area contributed by atoms with Gasteiger partial charge in [-0.3, -0.25) is 9.69 Å². The highest BCUT2D eigenvalue weighted by Crippen LogP contribution is 2.31. The van der Waals surface area contributed by atoms with E-state index < -0.39 is 23.5 Å². The molecule has 0 amide bonds. The van der Waals surface area contributed by atoms with Crippen LogP contribution in [0, 0.1) is 31.4 Å². The van der Waals surface area contributed by atoms with Crippen LogP contribution in [0.15, 0.2) is 65.2 Å². The van der Waals surface area contributed by atoms with E-state index in [-0.39, 0.29) is 11.8 Å². The van der Waals surface area contributed by atoms with Crippen molar-refractivity contribution in [2.45, 2.75) is 32.7 Å². The molecule has 1 unspecified atom stereocenters. The molecule has 1 aliphatic rings. The third-order valence-electron chi connectivity index (χ3n) is 6.67. The van der Waals surface area contributed by atoms with Crippen LogP contribution in [0.2, 0.25) is 0 Å². The zero-order chi connectivity index (χ0) is 26.1. The first-order chi connectivity index (χ1) is 17.7. The number of carbonyl (C=O) groups is 1. The number of carboxylic acids is 1. The number of nitrogens with zero attached hydrogens (tertiary/aromatic N) is 3. The molecule has 0 bridgehead atoms. The van der Waals surface area contributed by atoms with Gasteiger partial charge in [-0.05, 0) is 49.1 Å². The third-order valence-corrected chi connectivity index (χ3v) is 6.67. The molecule has 6 nitrogen and oxygen atoms in total. The fourth-order valence-electron chi connectivity index (χ4n) is 4.91. The lowest BCUT2D eigenvalue weighted by atomic mass is 9.90. The number of likely N-dealkylation sites (tertiary alicyclic amines) is 1. The Morgan fingerprint density at radius 2 is 1.65 bits per heavy atom. The van der Waals surface area contributed by atoms with Crippen molar-refractivity contribution in [2.24, 2.45) is 5.92 Å². The number of aromatic nitrogens is 2. The highest BCUT2D eigenvalue weighted by atomic mass is 19.1. The largest absolute Gasteiger partial charge is 0.481 e. The van der Waals surface area contributed by atoms with Gasteiger partial charge in [0, 0.05) is 31.3 Å². The Bertz CT molecular complexity index is 1390. The van der Waals surface area contributed by atoms with Gasteiger partial charge in [0.05, 0.1) is 11.8 Å². The summed E-state index contributed by atoms with van der Waals surface area (Å²) in [6, 6.07) is 17.3. The molecule has 0 saturated carbocycles. The number of aliphatic carboxylic acids is 1. The first kappa shape index (κ1) is 24.8. The number of benzene rings is 3. The number of rotatable bonds is 8. The van der Waals surface area contributed by atoms with Gasteiger partial charge in [-0.25, -0.2) is 8.78 Å². The van der Waals surface area contributed by atoms with Gasteiger partial charge in [0.1, 0.15) is 11.6 Å². The van der Waals surface area contributed by atoms with Crippen LogP contribution in [0.1, 0.15) is 39.6 Å². The quantitative estimate of drug-likeness (QED) is 0.341. The van der Waals surface area contributed by atoms with E-state index in [4.69, 9.17) is 9.63 Å². The van der Waals surface area contributed by atoms with Crippen LogP contribution in [0.3, 0.4) is 0 Å². The summed E-state index contributed by atoms with van der Waals surface area (Å²) < 4.78 is 33.9. The molecule has 5 rings (SSSR count). The smallest absolute Gasteiger partial charge is 0.309 e. The summed E-state index contributed by atoms with van der Waals surface area (Å²) in [5, 5.41) is 13.2. The lowest BCUT2D eigenvalue weighted by Crippen LogP contribution is -2.49. The number of halogens is 2. The molecule has 0 aliphatic carbocycles. The minimum Gasteiger partial charge on any atom is -0.481 e. The van der Waals surface area contributed by atoms with Crippen LogP contribution in [-0.4, -0.2) is 39.2 Å². The van der Waals surface area contributed by atoms with Crippen molar-refractivity contribution in [2.75, 3.05) is 13.1 Å². The summed E-state index contributed by atoms with van der Waals surface area (Å²) in [6.07, 6.45) is 0.444. The van der Waals surface area contributed by atoms with Crippen molar-refractivity contribution in [1.29, 1.82) is 0 Å². The summed E-state index contributed by atoms with van der Waals surface area (Å²) in [5.74, 6) is -2.22. The van der Waals surface area contributed by atoms with Crippen LogP contribution in [0.4, 0.5) is 8.78 Å². The molecule has 1 N–H and O–H groups in total. The fraction of sp³-hybridized carbons (Fsp3) is 0.276. The van der Waals surface area contributed by atoms with Gasteiger partial charge in [-0.1, -0.05) is 58.7 Å². The molecule has 0 radical (unpaired) electrons. The second-order valence-electron chi connectivity index (χ2n) is 9.84. The molecule has 37 heavy (non-hydrogen) atoms. The van der Waals surface area contributed by atoms with Crippen LogP contribution >= 0.6 is 0 Å². The maximum absolute atomic E-state index is 14.1. The highest BCUT2D eigenvalue weighted by molar-refractivity contribution is 5.71. The highest BCUT2D eigenvalue weighted by Gasteiger charge is 2.32. The molecule has 1 aromatic heterocycles. The molecule has 1 aliphatic heterocycles. The van der Waals surface area contributed by atoms with Gasteiger partial charge in [0.15, 0.2) is 0 Å². The lowest BCUT2D eigenvalue weighted by Gasteiger charge is -2.36. The Morgan fingerprint density at radius 3 is 2.27 bits per heavy atom. The SMILES string of the molecule is Cc1cc(C)cc(CC(c2cc(F)cc(F)c2)c2nc(-c3ccc(CN4CC(C(=O)O)C4)cc3)no2)c1. The molecular formula is C29H27F2N3O3. The summed E-state index contributed by atoms with van der Waals surface area (Å²) in [4.78, 5) is 17.7. The molecule has 1 saturated heterocycles. The molecule has 190 valence electrons. The number of hydrogen-bond acceptors (Lipinski definition) is 5. The van der Waals surface area contributed by atoms with Crippen molar-refractivity contribution in [3.63, 3.8) is 0 Å². The summed E-state index contributed by atoms with van der Waals surface area (Å²) in [6.45, 7) is 5.79. The van der Waals surface area contributed by atoms with Gasteiger partial charge in [0.25, 0.3) is 0 Å². The third kappa shape index (κ3) is 5.75. The predicted molar refractivity (Wildman–Crippen MR) is 134 cm³/mol. The molecule has 1 atom stereocenters. The van der Waals surface area contributed by atoms with Gasteiger partial charge in [-0.2, -0.15) is 4.98 Å².